The van der Waals surface area contributed by atoms with Gasteiger partial charge in [-0.3, -0.25) is 14.4 Å². The number of unbranched alkanes of at least 4 members (excludes halogenated alkanes) is 28. The van der Waals surface area contributed by atoms with Crippen LogP contribution in [0, 0.1) is 0 Å². The zero-order valence-electron chi connectivity index (χ0n) is 46.0. The van der Waals surface area contributed by atoms with Gasteiger partial charge >= 0.3 is 17.9 Å². The molecule has 0 saturated carbocycles. The minimum absolute atomic E-state index is 0.0913. The molecule has 6 nitrogen and oxygen atoms in total. The van der Waals surface area contributed by atoms with Crippen molar-refractivity contribution in [1.29, 1.82) is 0 Å². The summed E-state index contributed by atoms with van der Waals surface area (Å²) in [5.74, 6) is -0.918. The normalized spacial score (nSPS) is 12.7. The van der Waals surface area contributed by atoms with Crippen molar-refractivity contribution in [2.45, 2.75) is 290 Å². The molecule has 0 rings (SSSR count). The predicted molar refractivity (Wildman–Crippen MR) is 302 cm³/mol. The number of hydrogen-bond acceptors (Lipinski definition) is 6. The SMILES string of the molecule is CCCC/C=C\C/C=C\CCCCCCCC(=O)OCC(COC(=O)CCCCCCCC/C=C\C/C=C\C/C=C\CCCCCCC)OC(=O)CCCCCCCCC/C=C\C/C=C\CCCCC. The summed E-state index contributed by atoms with van der Waals surface area (Å²) < 4.78 is 16.9. The Morgan fingerprint density at radius 2 is 0.529 bits per heavy atom. The van der Waals surface area contributed by atoms with E-state index in [9.17, 15) is 14.4 Å². The fourth-order valence-electron chi connectivity index (χ4n) is 8.08. The zero-order chi connectivity index (χ0) is 50.7. The molecule has 0 saturated heterocycles. The van der Waals surface area contributed by atoms with Gasteiger partial charge in [0.25, 0.3) is 0 Å². The molecule has 0 amide bonds. The maximum atomic E-state index is 12.9. The molecule has 0 heterocycles. The molecule has 0 bridgehead atoms. The largest absolute Gasteiger partial charge is 0.462 e. The third-order valence-electron chi connectivity index (χ3n) is 12.6. The molecular formula is C64H110O6. The highest BCUT2D eigenvalue weighted by Crippen LogP contribution is 2.14. The molecule has 0 spiro atoms. The topological polar surface area (TPSA) is 78.9 Å². The first-order chi connectivity index (χ1) is 34.5. The quantitative estimate of drug-likeness (QED) is 0.0261. The molecule has 6 heteroatoms. The maximum absolute atomic E-state index is 12.9. The molecule has 1 unspecified atom stereocenters. The van der Waals surface area contributed by atoms with Crippen molar-refractivity contribution < 1.29 is 28.6 Å². The lowest BCUT2D eigenvalue weighted by Crippen LogP contribution is -2.30. The number of rotatable bonds is 53. The van der Waals surface area contributed by atoms with Crippen molar-refractivity contribution in [3.8, 4) is 0 Å². The van der Waals surface area contributed by atoms with E-state index >= 15 is 0 Å². The Morgan fingerprint density at radius 1 is 0.286 bits per heavy atom. The lowest BCUT2D eigenvalue weighted by Gasteiger charge is -2.18. The minimum Gasteiger partial charge on any atom is -0.462 e. The molecule has 0 aliphatic heterocycles. The zero-order valence-corrected chi connectivity index (χ0v) is 46.0. The second-order valence-electron chi connectivity index (χ2n) is 19.5. The number of allylic oxidation sites excluding steroid dienone is 14. The van der Waals surface area contributed by atoms with Crippen molar-refractivity contribution in [1.82, 2.24) is 0 Å². The van der Waals surface area contributed by atoms with Crippen LogP contribution in [0.15, 0.2) is 85.1 Å². The summed E-state index contributed by atoms with van der Waals surface area (Å²) in [4.78, 5) is 38.2. The fraction of sp³-hybridized carbons (Fsp3) is 0.734. The van der Waals surface area contributed by atoms with E-state index in [1.165, 1.54) is 128 Å². The van der Waals surface area contributed by atoms with Crippen molar-refractivity contribution >= 4 is 17.9 Å². The lowest BCUT2D eigenvalue weighted by atomic mass is 10.1. The van der Waals surface area contributed by atoms with Gasteiger partial charge in [-0.25, -0.2) is 0 Å². The van der Waals surface area contributed by atoms with Crippen LogP contribution in [-0.2, 0) is 28.6 Å². The van der Waals surface area contributed by atoms with E-state index in [-0.39, 0.29) is 31.1 Å². The second kappa shape index (κ2) is 58.2. The van der Waals surface area contributed by atoms with Gasteiger partial charge in [0, 0.05) is 19.3 Å². The smallest absolute Gasteiger partial charge is 0.306 e. The van der Waals surface area contributed by atoms with E-state index < -0.39 is 6.10 Å². The molecule has 70 heavy (non-hydrogen) atoms. The molecule has 0 aliphatic carbocycles. The Morgan fingerprint density at radius 3 is 0.871 bits per heavy atom. The van der Waals surface area contributed by atoms with E-state index in [1.54, 1.807) is 0 Å². The summed E-state index contributed by atoms with van der Waals surface area (Å²) in [7, 11) is 0. The first-order valence-electron chi connectivity index (χ1n) is 29.6. The minimum atomic E-state index is -0.793. The summed E-state index contributed by atoms with van der Waals surface area (Å²) >= 11 is 0. The average Bonchev–Trinajstić information content (AvgIpc) is 3.36. The van der Waals surface area contributed by atoms with Crippen LogP contribution in [-0.4, -0.2) is 37.2 Å². The number of carbonyl (C=O) groups excluding carboxylic acids is 3. The molecule has 0 aromatic carbocycles. The van der Waals surface area contributed by atoms with Crippen LogP contribution in [0.3, 0.4) is 0 Å². The Kier molecular flexibility index (Phi) is 55.3. The highest BCUT2D eigenvalue weighted by molar-refractivity contribution is 5.71. The first kappa shape index (κ1) is 66.6. The third-order valence-corrected chi connectivity index (χ3v) is 12.6. The van der Waals surface area contributed by atoms with Crippen molar-refractivity contribution in [3.05, 3.63) is 85.1 Å². The van der Waals surface area contributed by atoms with E-state index in [2.05, 4.69) is 106 Å². The molecular weight excluding hydrogens is 865 g/mol. The molecule has 0 aromatic heterocycles. The van der Waals surface area contributed by atoms with Gasteiger partial charge in [0.1, 0.15) is 13.2 Å². The Labute approximate surface area is 433 Å². The standard InChI is InChI=1S/C64H110O6/c1-4-7-10-13-16-19-22-25-28-30-31-32-33-35-36-39-42-45-48-51-54-57-63(66)69-60-61(59-68-62(65)56-53-50-47-44-41-38-27-24-21-18-15-12-9-6-3)70-64(67)58-55-52-49-46-43-40-37-34-29-26-23-20-17-14-11-8-5-2/h15,17-18,20,22,24-27,29-31,33,35,61H,4-14,16,19,21,23,28,32,34,36-60H2,1-3H3/b18-15-,20-17-,25-22-,27-24-,29-26-,31-30-,35-33-. The molecule has 0 N–H and O–H groups in total. The Hall–Kier alpha value is -3.41. The van der Waals surface area contributed by atoms with Crippen LogP contribution in [0.5, 0.6) is 0 Å². The summed E-state index contributed by atoms with van der Waals surface area (Å²) in [5, 5.41) is 0. The van der Waals surface area contributed by atoms with E-state index in [4.69, 9.17) is 14.2 Å². The van der Waals surface area contributed by atoms with Crippen molar-refractivity contribution in [2.24, 2.45) is 0 Å². The summed E-state index contributed by atoms with van der Waals surface area (Å²) in [5.41, 5.74) is 0. The number of esters is 3. The van der Waals surface area contributed by atoms with Crippen LogP contribution < -0.4 is 0 Å². The van der Waals surface area contributed by atoms with Gasteiger partial charge in [0.2, 0.25) is 0 Å². The van der Waals surface area contributed by atoms with Crippen LogP contribution >= 0.6 is 0 Å². The third kappa shape index (κ3) is 55.5. The van der Waals surface area contributed by atoms with Gasteiger partial charge in [-0.2, -0.15) is 0 Å². The van der Waals surface area contributed by atoms with Gasteiger partial charge in [-0.1, -0.05) is 234 Å². The van der Waals surface area contributed by atoms with Gasteiger partial charge in [0.05, 0.1) is 0 Å². The second-order valence-corrected chi connectivity index (χ2v) is 19.5. The molecule has 1 atom stereocenters. The summed E-state index contributed by atoms with van der Waals surface area (Å²) in [6.07, 6.45) is 75.7. The van der Waals surface area contributed by atoms with E-state index in [0.29, 0.717) is 19.3 Å². The Balaban J connectivity index is 4.42. The molecule has 402 valence electrons. The van der Waals surface area contributed by atoms with Crippen LogP contribution in [0.2, 0.25) is 0 Å². The predicted octanol–water partition coefficient (Wildman–Crippen LogP) is 19.9. The van der Waals surface area contributed by atoms with E-state index in [1.807, 2.05) is 0 Å². The summed E-state index contributed by atoms with van der Waals surface area (Å²) in [6, 6.07) is 0. The number of ether oxygens (including phenoxy) is 3. The molecule has 0 fully saturated rings. The van der Waals surface area contributed by atoms with Crippen molar-refractivity contribution in [2.75, 3.05) is 13.2 Å². The fourth-order valence-corrected chi connectivity index (χ4v) is 8.08. The monoisotopic (exact) mass is 975 g/mol. The van der Waals surface area contributed by atoms with Crippen LogP contribution in [0.1, 0.15) is 284 Å². The lowest BCUT2D eigenvalue weighted by molar-refractivity contribution is -0.167. The number of hydrogen-bond donors (Lipinski definition) is 0. The molecule has 0 aromatic rings. The van der Waals surface area contributed by atoms with Gasteiger partial charge in [-0.15, -0.1) is 0 Å². The molecule has 0 radical (unpaired) electrons. The van der Waals surface area contributed by atoms with Gasteiger partial charge in [0.15, 0.2) is 6.10 Å². The van der Waals surface area contributed by atoms with Crippen LogP contribution in [0.25, 0.3) is 0 Å². The van der Waals surface area contributed by atoms with Gasteiger partial charge in [-0.05, 0) is 116 Å². The van der Waals surface area contributed by atoms with E-state index in [0.717, 1.165) is 116 Å². The highest BCUT2D eigenvalue weighted by atomic mass is 16.6. The number of carbonyl (C=O) groups is 3. The average molecular weight is 976 g/mol. The first-order valence-corrected chi connectivity index (χ1v) is 29.6. The molecule has 0 aliphatic rings. The highest BCUT2D eigenvalue weighted by Gasteiger charge is 2.19. The van der Waals surface area contributed by atoms with Gasteiger partial charge < -0.3 is 14.2 Å². The maximum Gasteiger partial charge on any atom is 0.306 e. The van der Waals surface area contributed by atoms with Crippen LogP contribution in [0.4, 0.5) is 0 Å². The summed E-state index contributed by atoms with van der Waals surface area (Å²) in [6.45, 7) is 6.55. The van der Waals surface area contributed by atoms with Crippen molar-refractivity contribution in [3.63, 3.8) is 0 Å². The Bertz CT molecular complexity index is 1350.